The maximum absolute atomic E-state index is 14.9. The van der Waals surface area contributed by atoms with E-state index in [4.69, 9.17) is 20.9 Å². The van der Waals surface area contributed by atoms with Crippen molar-refractivity contribution in [3.05, 3.63) is 20.2 Å². The molecule has 9 nitrogen and oxygen atoms in total. The van der Waals surface area contributed by atoms with Crippen molar-refractivity contribution in [1.82, 2.24) is 0 Å². The molecule has 8 aliphatic carbocycles. The Morgan fingerprint density at radius 2 is 1.03 bits per heavy atom. The third-order valence-electron chi connectivity index (χ3n) is 9.71. The van der Waals surface area contributed by atoms with E-state index in [9.17, 15) is 24.8 Å². The summed E-state index contributed by atoms with van der Waals surface area (Å²) >= 11 is 7.28. The lowest BCUT2D eigenvalue weighted by Crippen LogP contribution is -2.65. The Morgan fingerprint density at radius 1 is 0.710 bits per heavy atom. The summed E-state index contributed by atoms with van der Waals surface area (Å²) in [5.74, 6) is 0.967. The second kappa shape index (κ2) is 6.07. The van der Waals surface area contributed by atoms with Gasteiger partial charge in [0, 0.05) is 10.3 Å². The Kier molecular flexibility index (Phi) is 4.02. The molecule has 0 radical (unpaired) electrons. The molecule has 31 heavy (non-hydrogen) atoms. The zero-order valence-electron chi connectivity index (χ0n) is 17.4. The van der Waals surface area contributed by atoms with Crippen molar-refractivity contribution in [2.45, 2.75) is 98.6 Å². The van der Waals surface area contributed by atoms with E-state index in [1.807, 2.05) is 0 Å². The van der Waals surface area contributed by atoms with Gasteiger partial charge in [0.25, 0.3) is 10.2 Å². The lowest BCUT2D eigenvalue weighted by molar-refractivity contribution is -0.785. The molecule has 0 heterocycles. The average molecular weight is 475 g/mol. The highest BCUT2D eigenvalue weighted by Crippen LogP contribution is 2.86. The molecule has 8 saturated carbocycles. The number of hydrogen-bond acceptors (Lipinski definition) is 7. The summed E-state index contributed by atoms with van der Waals surface area (Å²) in [5, 5.41) is 19.9. The van der Waals surface area contributed by atoms with Gasteiger partial charge in [-0.1, -0.05) is 11.2 Å². The molecule has 0 saturated heterocycles. The van der Waals surface area contributed by atoms with Gasteiger partial charge in [0.2, 0.25) is 0 Å². The fraction of sp³-hybridized carbons (Fsp3) is 1.00. The molecule has 0 spiro atoms. The average Bonchev–Trinajstić information content (AvgIpc) is 2.56. The monoisotopic (exact) mass is 474 g/mol. The first-order valence-corrected chi connectivity index (χ1v) is 14.1. The van der Waals surface area contributed by atoms with E-state index in [2.05, 4.69) is 0 Å². The second-order valence-corrected chi connectivity index (χ2v) is 16.3. The SMILES string of the molecule is O=[N+]([O-])OC12C[C@H]3C[C@@H](C1)CC(P(=O)(Cl)C14C[C@@H]5C[C@@H](CC(O[N+](=O)[O-])(C5)C1)C4)(C3)C2. The lowest BCUT2D eigenvalue weighted by atomic mass is 9.53. The minimum absolute atomic E-state index is 0.242. The summed E-state index contributed by atoms with van der Waals surface area (Å²) < 4.78 is 14.9. The molecule has 8 atom stereocenters. The van der Waals surface area contributed by atoms with Crippen LogP contribution in [0.3, 0.4) is 0 Å². The van der Waals surface area contributed by atoms with Gasteiger partial charge in [0.1, 0.15) is 11.2 Å². The van der Waals surface area contributed by atoms with Gasteiger partial charge < -0.3 is 14.2 Å². The Morgan fingerprint density at radius 3 is 1.32 bits per heavy atom. The maximum Gasteiger partial charge on any atom is 0.295 e. The zero-order valence-corrected chi connectivity index (χ0v) is 19.0. The maximum atomic E-state index is 14.9. The highest BCUT2D eigenvalue weighted by Gasteiger charge is 2.73. The molecule has 8 fully saturated rings. The van der Waals surface area contributed by atoms with E-state index in [0.717, 1.165) is 38.5 Å². The van der Waals surface area contributed by atoms with Crippen molar-refractivity contribution in [2.75, 3.05) is 0 Å². The molecule has 8 bridgehead atoms. The summed E-state index contributed by atoms with van der Waals surface area (Å²) in [5.41, 5.74) is -1.76. The van der Waals surface area contributed by atoms with Gasteiger partial charge in [-0.2, -0.15) is 0 Å². The zero-order chi connectivity index (χ0) is 21.9. The molecule has 8 rings (SSSR count). The summed E-state index contributed by atoms with van der Waals surface area (Å²) in [7, 11) is 0. The van der Waals surface area contributed by atoms with Crippen LogP contribution < -0.4 is 0 Å². The van der Waals surface area contributed by atoms with E-state index in [-0.39, 0.29) is 23.7 Å². The van der Waals surface area contributed by atoms with Crippen LogP contribution in [0.4, 0.5) is 0 Å². The summed E-state index contributed by atoms with van der Waals surface area (Å²) in [6.07, 6.45) is 8.18. The van der Waals surface area contributed by atoms with E-state index in [1.54, 1.807) is 0 Å². The largest absolute Gasteiger partial charge is 0.307 e. The van der Waals surface area contributed by atoms with Crippen LogP contribution in [0.5, 0.6) is 0 Å². The van der Waals surface area contributed by atoms with Crippen LogP contribution in [-0.4, -0.2) is 31.7 Å². The number of halogens is 1. The quantitative estimate of drug-likeness (QED) is 0.298. The normalized spacial score (nSPS) is 53.2. The summed E-state index contributed by atoms with van der Waals surface area (Å²) in [6, 6.07) is 0. The van der Waals surface area contributed by atoms with Crippen LogP contribution >= 0.6 is 17.7 Å². The third kappa shape index (κ3) is 2.77. The van der Waals surface area contributed by atoms with Crippen molar-refractivity contribution in [3.63, 3.8) is 0 Å². The van der Waals surface area contributed by atoms with E-state index in [0.29, 0.717) is 38.5 Å². The van der Waals surface area contributed by atoms with Gasteiger partial charge in [-0.15, -0.1) is 20.2 Å². The van der Waals surface area contributed by atoms with Crippen LogP contribution in [0.25, 0.3) is 0 Å². The Balaban J connectivity index is 1.40. The Bertz CT molecular complexity index is 816. The van der Waals surface area contributed by atoms with Crippen molar-refractivity contribution < 1.29 is 24.4 Å². The molecule has 0 aromatic carbocycles. The van der Waals surface area contributed by atoms with Crippen molar-refractivity contribution in [3.8, 4) is 0 Å². The van der Waals surface area contributed by atoms with Gasteiger partial charge in [0.05, 0.1) is 0 Å². The Hall–Kier alpha value is -1.08. The molecular formula is C20H28ClN2O7P. The molecule has 8 aliphatic rings. The van der Waals surface area contributed by atoms with E-state index < -0.39 is 38.2 Å². The minimum Gasteiger partial charge on any atom is -0.307 e. The standard InChI is InChI=1S/C20H28ClN2O7P/c21-31(28,19-7-13-1-14(8-19)4-17(3-13,11-19)29-22(24)25)20-9-15-2-16(10-20)6-18(5-15,12-20)30-23(26)27/h13-16H,1-12H2/t13-,14+,15-,16+,17?,18?,19?,20?,31?. The fourth-order valence-corrected chi connectivity index (χ4v) is 15.1. The first kappa shape index (κ1) is 20.5. The number of hydrogen-bond donors (Lipinski definition) is 0. The fourth-order valence-electron chi connectivity index (χ4n) is 9.97. The van der Waals surface area contributed by atoms with Crippen LogP contribution in [-0.2, 0) is 14.2 Å². The third-order valence-corrected chi connectivity index (χ3v) is 15.3. The smallest absolute Gasteiger partial charge is 0.295 e. The topological polar surface area (TPSA) is 122 Å². The van der Waals surface area contributed by atoms with Crippen LogP contribution in [0.15, 0.2) is 0 Å². The molecule has 4 unspecified atom stereocenters. The van der Waals surface area contributed by atoms with Crippen molar-refractivity contribution >= 4 is 17.7 Å². The minimum atomic E-state index is -3.40. The van der Waals surface area contributed by atoms with Gasteiger partial charge in [-0.25, -0.2) is 0 Å². The number of rotatable bonds is 6. The van der Waals surface area contributed by atoms with Gasteiger partial charge in [0.15, 0.2) is 6.49 Å². The second-order valence-electron chi connectivity index (χ2n) is 11.9. The first-order chi connectivity index (χ1) is 14.5. The van der Waals surface area contributed by atoms with Crippen LogP contribution in [0.1, 0.15) is 77.0 Å². The Labute approximate surface area is 184 Å². The summed E-state index contributed by atoms with van der Waals surface area (Å²) in [6.45, 7) is -3.40. The van der Waals surface area contributed by atoms with E-state index >= 15 is 0 Å². The molecule has 0 aliphatic heterocycles. The summed E-state index contributed by atoms with van der Waals surface area (Å²) in [4.78, 5) is 33.2. The van der Waals surface area contributed by atoms with E-state index in [1.165, 1.54) is 0 Å². The predicted molar refractivity (Wildman–Crippen MR) is 110 cm³/mol. The van der Waals surface area contributed by atoms with Crippen LogP contribution in [0.2, 0.25) is 0 Å². The number of nitrogens with zero attached hydrogens (tertiary/aromatic N) is 2. The molecule has 11 heteroatoms. The molecule has 0 amide bonds. The van der Waals surface area contributed by atoms with Gasteiger partial charge >= 0.3 is 0 Å². The predicted octanol–water partition coefficient (Wildman–Crippen LogP) is 5.10. The van der Waals surface area contributed by atoms with Crippen LogP contribution in [0, 0.1) is 43.9 Å². The first-order valence-electron chi connectivity index (χ1n) is 11.4. The highest BCUT2D eigenvalue weighted by atomic mass is 35.7. The molecule has 172 valence electrons. The van der Waals surface area contributed by atoms with Gasteiger partial charge in [-0.3, -0.25) is 0 Å². The molecular weight excluding hydrogens is 447 g/mol. The molecule has 0 aromatic rings. The molecule has 0 aromatic heterocycles. The van der Waals surface area contributed by atoms with Crippen molar-refractivity contribution in [1.29, 1.82) is 0 Å². The molecule has 0 N–H and O–H groups in total. The lowest BCUT2D eigenvalue weighted by Gasteiger charge is -2.67. The van der Waals surface area contributed by atoms with Crippen molar-refractivity contribution in [2.24, 2.45) is 23.7 Å². The highest BCUT2D eigenvalue weighted by molar-refractivity contribution is 7.91. The van der Waals surface area contributed by atoms with Gasteiger partial charge in [-0.05, 0) is 101 Å².